The van der Waals surface area contributed by atoms with Gasteiger partial charge in [-0.1, -0.05) is 0 Å². The smallest absolute Gasteiger partial charge is 0.271 e. The summed E-state index contributed by atoms with van der Waals surface area (Å²) < 4.78 is 1.50. The monoisotopic (exact) mass is 303 g/mol. The first kappa shape index (κ1) is 15.6. The summed E-state index contributed by atoms with van der Waals surface area (Å²) in [5, 5.41) is 20.6. The van der Waals surface area contributed by atoms with Crippen molar-refractivity contribution in [2.75, 3.05) is 13.6 Å². The van der Waals surface area contributed by atoms with Gasteiger partial charge in [0.05, 0.1) is 10.6 Å². The topological polar surface area (TPSA) is 102 Å². The highest BCUT2D eigenvalue weighted by atomic mass is 16.6. The van der Waals surface area contributed by atoms with E-state index in [0.29, 0.717) is 17.9 Å². The van der Waals surface area contributed by atoms with E-state index in [9.17, 15) is 14.9 Å². The summed E-state index contributed by atoms with van der Waals surface area (Å²) in [7, 11) is 1.82. The third kappa shape index (κ3) is 3.67. The minimum absolute atomic E-state index is 0.00919. The van der Waals surface area contributed by atoms with Gasteiger partial charge < -0.3 is 10.6 Å². The second-order valence-electron chi connectivity index (χ2n) is 4.82. The molecular formula is C14H17N5O3. The van der Waals surface area contributed by atoms with Crippen molar-refractivity contribution in [1.29, 1.82) is 0 Å². The fourth-order valence-electron chi connectivity index (χ4n) is 1.75. The Morgan fingerprint density at radius 2 is 2.05 bits per heavy atom. The van der Waals surface area contributed by atoms with Crippen LogP contribution in [-0.2, 0) is 0 Å². The number of rotatable bonds is 6. The van der Waals surface area contributed by atoms with Gasteiger partial charge in [-0.05, 0) is 32.2 Å². The molecule has 1 amide bonds. The van der Waals surface area contributed by atoms with E-state index in [2.05, 4.69) is 15.7 Å². The van der Waals surface area contributed by atoms with Gasteiger partial charge in [-0.15, -0.1) is 0 Å². The number of nitrogens with one attached hydrogen (secondary N) is 2. The van der Waals surface area contributed by atoms with Crippen molar-refractivity contribution in [3.05, 3.63) is 52.3 Å². The summed E-state index contributed by atoms with van der Waals surface area (Å²) in [4.78, 5) is 22.1. The summed E-state index contributed by atoms with van der Waals surface area (Å²) in [6.45, 7) is 2.45. The van der Waals surface area contributed by atoms with Gasteiger partial charge in [0.1, 0.15) is 0 Å². The van der Waals surface area contributed by atoms with Crippen molar-refractivity contribution in [2.24, 2.45) is 0 Å². The van der Waals surface area contributed by atoms with Crippen LogP contribution in [0.1, 0.15) is 17.4 Å². The molecular weight excluding hydrogens is 286 g/mol. The van der Waals surface area contributed by atoms with E-state index in [4.69, 9.17) is 0 Å². The van der Waals surface area contributed by atoms with E-state index in [1.54, 1.807) is 24.4 Å². The zero-order valence-electron chi connectivity index (χ0n) is 12.3. The highest BCUT2D eigenvalue weighted by molar-refractivity contribution is 5.92. The molecule has 0 aliphatic heterocycles. The van der Waals surface area contributed by atoms with Crippen molar-refractivity contribution in [3.63, 3.8) is 0 Å². The van der Waals surface area contributed by atoms with Crippen LogP contribution in [0.2, 0.25) is 0 Å². The highest BCUT2D eigenvalue weighted by Gasteiger charge is 2.11. The number of hydrogen-bond donors (Lipinski definition) is 2. The Kier molecular flexibility index (Phi) is 4.84. The number of aromatic nitrogens is 2. The number of non-ortho nitro benzene ring substituents is 1. The second kappa shape index (κ2) is 6.81. The number of likely N-dealkylation sites (N-methyl/N-ethyl adjacent to an activating group) is 1. The quantitative estimate of drug-likeness (QED) is 0.615. The molecule has 2 aromatic rings. The molecule has 2 rings (SSSR count). The molecule has 0 radical (unpaired) electrons. The molecule has 8 heteroatoms. The molecule has 1 heterocycles. The highest BCUT2D eigenvalue weighted by Crippen LogP contribution is 2.14. The molecule has 1 aromatic heterocycles. The van der Waals surface area contributed by atoms with Gasteiger partial charge in [-0.3, -0.25) is 14.9 Å². The number of nitro benzene ring substituents is 1. The van der Waals surface area contributed by atoms with Gasteiger partial charge >= 0.3 is 0 Å². The first-order chi connectivity index (χ1) is 10.5. The van der Waals surface area contributed by atoms with Gasteiger partial charge in [0.2, 0.25) is 0 Å². The van der Waals surface area contributed by atoms with E-state index >= 15 is 0 Å². The summed E-state index contributed by atoms with van der Waals surface area (Å²) in [5.41, 5.74) is 0.949. The van der Waals surface area contributed by atoms with Crippen molar-refractivity contribution < 1.29 is 9.72 Å². The molecule has 0 aliphatic rings. The van der Waals surface area contributed by atoms with Crippen LogP contribution < -0.4 is 10.6 Å². The Hall–Kier alpha value is -2.74. The van der Waals surface area contributed by atoms with E-state index in [-0.39, 0.29) is 17.6 Å². The molecule has 0 fully saturated rings. The fraction of sp³-hybridized carbons (Fsp3) is 0.286. The van der Waals surface area contributed by atoms with Crippen molar-refractivity contribution >= 4 is 11.6 Å². The van der Waals surface area contributed by atoms with Gasteiger partial charge in [0.15, 0.2) is 5.69 Å². The second-order valence-corrected chi connectivity index (χ2v) is 4.82. The van der Waals surface area contributed by atoms with Gasteiger partial charge in [0.25, 0.3) is 11.6 Å². The molecule has 1 aromatic carbocycles. The van der Waals surface area contributed by atoms with E-state index in [1.807, 2.05) is 14.0 Å². The normalized spacial score (nSPS) is 11.9. The average molecular weight is 303 g/mol. The summed E-state index contributed by atoms with van der Waals surface area (Å²) in [5.74, 6) is -0.261. The lowest BCUT2D eigenvalue weighted by Crippen LogP contribution is -2.37. The Bertz CT molecular complexity index is 665. The molecule has 0 saturated heterocycles. The van der Waals surface area contributed by atoms with Crippen LogP contribution in [0.25, 0.3) is 5.69 Å². The summed E-state index contributed by atoms with van der Waals surface area (Å²) in [6, 6.07) is 7.71. The van der Waals surface area contributed by atoms with Crippen LogP contribution in [0, 0.1) is 10.1 Å². The molecule has 1 unspecified atom stereocenters. The Labute approximate surface area is 127 Å². The lowest BCUT2D eigenvalue weighted by molar-refractivity contribution is -0.384. The predicted octanol–water partition coefficient (Wildman–Crippen LogP) is 1.12. The van der Waals surface area contributed by atoms with Crippen molar-refractivity contribution in [2.45, 2.75) is 13.0 Å². The van der Waals surface area contributed by atoms with Gasteiger partial charge in [-0.25, -0.2) is 4.68 Å². The maximum absolute atomic E-state index is 11.9. The van der Waals surface area contributed by atoms with Crippen molar-refractivity contribution in [1.82, 2.24) is 20.4 Å². The summed E-state index contributed by atoms with van der Waals surface area (Å²) in [6.07, 6.45) is 1.64. The number of carbonyl (C=O) groups excluding carboxylic acids is 1. The standard InChI is InChI=1S/C14H17N5O3/c1-10(15-2)9-16-14(20)13-7-8-18(17-13)11-3-5-12(6-4-11)19(21)22/h3-8,10,15H,9H2,1-2H3,(H,16,20). The SMILES string of the molecule is CNC(C)CNC(=O)c1ccn(-c2ccc([N+](=O)[O-])cc2)n1. The number of nitrogens with zero attached hydrogens (tertiary/aromatic N) is 3. The molecule has 0 aliphatic carbocycles. The van der Waals surface area contributed by atoms with Crippen LogP contribution in [-0.4, -0.2) is 40.2 Å². The fourth-order valence-corrected chi connectivity index (χ4v) is 1.75. The Morgan fingerprint density at radius 3 is 2.64 bits per heavy atom. The van der Waals surface area contributed by atoms with E-state index in [0.717, 1.165) is 0 Å². The lowest BCUT2D eigenvalue weighted by atomic mass is 10.3. The first-order valence-electron chi connectivity index (χ1n) is 6.77. The van der Waals surface area contributed by atoms with Crippen LogP contribution in [0.5, 0.6) is 0 Å². The largest absolute Gasteiger partial charge is 0.349 e. The third-order valence-corrected chi connectivity index (χ3v) is 3.21. The Balaban J connectivity index is 2.07. The zero-order chi connectivity index (χ0) is 16.1. The molecule has 0 bridgehead atoms. The maximum atomic E-state index is 11.9. The molecule has 0 saturated carbocycles. The van der Waals surface area contributed by atoms with Crippen LogP contribution in [0.15, 0.2) is 36.5 Å². The minimum atomic E-state index is -0.464. The van der Waals surface area contributed by atoms with Gasteiger partial charge in [-0.2, -0.15) is 5.10 Å². The lowest BCUT2D eigenvalue weighted by Gasteiger charge is -2.10. The molecule has 1 atom stereocenters. The zero-order valence-corrected chi connectivity index (χ0v) is 12.3. The number of hydrogen-bond acceptors (Lipinski definition) is 5. The average Bonchev–Trinajstić information content (AvgIpc) is 3.02. The minimum Gasteiger partial charge on any atom is -0.349 e. The number of benzene rings is 1. The van der Waals surface area contributed by atoms with E-state index in [1.165, 1.54) is 16.8 Å². The third-order valence-electron chi connectivity index (χ3n) is 3.21. The maximum Gasteiger partial charge on any atom is 0.271 e. The number of nitro groups is 1. The summed E-state index contributed by atoms with van der Waals surface area (Å²) >= 11 is 0. The molecule has 8 nitrogen and oxygen atoms in total. The molecule has 116 valence electrons. The van der Waals surface area contributed by atoms with Crippen LogP contribution >= 0.6 is 0 Å². The van der Waals surface area contributed by atoms with E-state index < -0.39 is 4.92 Å². The molecule has 2 N–H and O–H groups in total. The van der Waals surface area contributed by atoms with Crippen LogP contribution in [0.3, 0.4) is 0 Å². The predicted molar refractivity (Wildman–Crippen MR) is 81.1 cm³/mol. The Morgan fingerprint density at radius 1 is 1.36 bits per heavy atom. The van der Waals surface area contributed by atoms with Crippen LogP contribution in [0.4, 0.5) is 5.69 Å². The van der Waals surface area contributed by atoms with Crippen molar-refractivity contribution in [3.8, 4) is 5.69 Å². The number of amides is 1. The molecule has 22 heavy (non-hydrogen) atoms. The van der Waals surface area contributed by atoms with Gasteiger partial charge in [0, 0.05) is 30.9 Å². The first-order valence-corrected chi connectivity index (χ1v) is 6.77. The molecule has 0 spiro atoms. The number of carbonyl (C=O) groups is 1.